The molecule has 0 aliphatic rings. The van der Waals surface area contributed by atoms with Gasteiger partial charge < -0.3 is 19.5 Å². The van der Waals surface area contributed by atoms with Crippen LogP contribution in [0.2, 0.25) is 10.0 Å². The quantitative estimate of drug-likeness (QED) is 0.406. The van der Waals surface area contributed by atoms with E-state index in [1.165, 1.54) is 0 Å². The number of fused-ring (bicyclic) bond motifs is 1. The lowest BCUT2D eigenvalue weighted by atomic mass is 10.1. The Labute approximate surface area is 185 Å². The molecule has 0 saturated heterocycles. The number of nitrogens with zero attached hydrogens (tertiary/aromatic N) is 2. The van der Waals surface area contributed by atoms with Crippen molar-refractivity contribution in [2.45, 2.75) is 0 Å². The Bertz CT molecular complexity index is 1060. The number of Topliss-reactive ketones (excluding diaryl/α,β-unsaturated/α-hetero) is 1. The van der Waals surface area contributed by atoms with Crippen LogP contribution in [0, 0.1) is 0 Å². The van der Waals surface area contributed by atoms with E-state index >= 15 is 0 Å². The second-order valence-corrected chi connectivity index (χ2v) is 8.09. The first-order valence-corrected chi connectivity index (χ1v) is 10.2. The van der Waals surface area contributed by atoms with Gasteiger partial charge in [-0.2, -0.15) is 0 Å². The van der Waals surface area contributed by atoms with Gasteiger partial charge in [0.25, 0.3) is 0 Å². The van der Waals surface area contributed by atoms with Crippen LogP contribution in [-0.2, 0) is 4.74 Å². The van der Waals surface area contributed by atoms with E-state index < -0.39 is 5.97 Å². The summed E-state index contributed by atoms with van der Waals surface area (Å²) in [7, 11) is 5.53. The fourth-order valence-corrected chi connectivity index (χ4v) is 3.75. The number of halogens is 2. The summed E-state index contributed by atoms with van der Waals surface area (Å²) in [5.41, 5.74) is 1.93. The maximum atomic E-state index is 12.8. The van der Waals surface area contributed by atoms with Gasteiger partial charge in [0.05, 0.1) is 22.8 Å². The van der Waals surface area contributed by atoms with Gasteiger partial charge >= 0.3 is 5.97 Å². The number of aromatic nitrogens is 1. The van der Waals surface area contributed by atoms with E-state index in [4.69, 9.17) is 27.9 Å². The molecule has 6 nitrogen and oxygen atoms in total. The number of hydrogen-bond donors (Lipinski definition) is 1. The summed E-state index contributed by atoms with van der Waals surface area (Å²) in [6.07, 6.45) is 0. The van der Waals surface area contributed by atoms with Gasteiger partial charge in [-0.05, 0) is 26.2 Å². The van der Waals surface area contributed by atoms with E-state index in [1.807, 2.05) is 37.2 Å². The Morgan fingerprint density at radius 2 is 1.77 bits per heavy atom. The molecular formula is C22H23Cl2N3O3. The minimum absolute atomic E-state index is 0.0634. The van der Waals surface area contributed by atoms with Crippen LogP contribution in [0.4, 0.5) is 5.69 Å². The average Bonchev–Trinajstić information content (AvgIpc) is 3.08. The summed E-state index contributed by atoms with van der Waals surface area (Å²) >= 11 is 12.6. The van der Waals surface area contributed by atoms with Gasteiger partial charge in [0.1, 0.15) is 12.3 Å². The lowest BCUT2D eigenvalue weighted by Gasteiger charge is -2.20. The first-order valence-electron chi connectivity index (χ1n) is 9.40. The SMILES string of the molecule is CN(C)CCOC(=O)c1[nH]c2cc(Cl)cc(Cl)c2c1N(C)CC(=O)c1ccccc1. The molecule has 3 aromatic rings. The molecular weight excluding hydrogens is 425 g/mol. The molecule has 0 unspecified atom stereocenters. The molecule has 0 aliphatic heterocycles. The summed E-state index contributed by atoms with van der Waals surface area (Å²) in [6, 6.07) is 12.3. The van der Waals surface area contributed by atoms with Crippen LogP contribution < -0.4 is 4.90 Å². The largest absolute Gasteiger partial charge is 0.460 e. The van der Waals surface area contributed by atoms with Crippen LogP contribution in [0.25, 0.3) is 10.9 Å². The lowest BCUT2D eigenvalue weighted by molar-refractivity contribution is 0.0476. The molecule has 0 bridgehead atoms. The van der Waals surface area contributed by atoms with E-state index in [-0.39, 0.29) is 24.6 Å². The number of anilines is 1. The molecule has 0 aliphatic carbocycles. The third-order valence-electron chi connectivity index (χ3n) is 4.62. The maximum Gasteiger partial charge on any atom is 0.357 e. The molecule has 8 heteroatoms. The molecule has 0 spiro atoms. The molecule has 0 atom stereocenters. The molecule has 0 radical (unpaired) electrons. The summed E-state index contributed by atoms with van der Waals surface area (Å²) in [6.45, 7) is 0.895. The fourth-order valence-electron chi connectivity index (χ4n) is 3.16. The normalized spacial score (nSPS) is 11.1. The molecule has 0 amide bonds. The van der Waals surface area contributed by atoms with E-state index in [9.17, 15) is 9.59 Å². The number of ether oxygens (including phenoxy) is 1. The highest BCUT2D eigenvalue weighted by Gasteiger charge is 2.25. The standard InChI is InChI=1S/C22H23Cl2N3O3/c1-26(2)9-10-30-22(29)20-21(19-16(24)11-15(23)12-17(19)25-20)27(3)13-18(28)14-7-5-4-6-8-14/h4-8,11-12,25H,9-10,13H2,1-3H3. The maximum absolute atomic E-state index is 12.8. The number of esters is 1. The fraction of sp³-hybridized carbons (Fsp3) is 0.273. The molecule has 1 heterocycles. The van der Waals surface area contributed by atoms with Crippen molar-refractivity contribution < 1.29 is 14.3 Å². The van der Waals surface area contributed by atoms with Crippen LogP contribution in [0.3, 0.4) is 0 Å². The summed E-state index contributed by atoms with van der Waals surface area (Å²) in [5, 5.41) is 1.44. The number of aromatic amines is 1. The summed E-state index contributed by atoms with van der Waals surface area (Å²) in [4.78, 5) is 32.2. The van der Waals surface area contributed by atoms with Gasteiger partial charge in [-0.1, -0.05) is 53.5 Å². The van der Waals surface area contributed by atoms with E-state index in [2.05, 4.69) is 4.98 Å². The number of likely N-dealkylation sites (N-methyl/N-ethyl adjacent to an activating group) is 2. The number of ketones is 1. The zero-order chi connectivity index (χ0) is 21.8. The Hall–Kier alpha value is -2.54. The highest BCUT2D eigenvalue weighted by molar-refractivity contribution is 6.40. The van der Waals surface area contributed by atoms with Gasteiger partial charge in [0, 0.05) is 29.6 Å². The third kappa shape index (κ3) is 4.95. The van der Waals surface area contributed by atoms with Crippen molar-refractivity contribution >= 4 is 51.5 Å². The van der Waals surface area contributed by atoms with Crippen molar-refractivity contribution in [3.63, 3.8) is 0 Å². The van der Waals surface area contributed by atoms with Crippen molar-refractivity contribution in [3.8, 4) is 0 Å². The predicted molar refractivity (Wildman–Crippen MR) is 121 cm³/mol. The zero-order valence-electron chi connectivity index (χ0n) is 17.0. The van der Waals surface area contributed by atoms with Gasteiger partial charge in [-0.25, -0.2) is 4.79 Å². The molecule has 3 rings (SSSR count). The van der Waals surface area contributed by atoms with Gasteiger partial charge in [0.15, 0.2) is 5.78 Å². The van der Waals surface area contributed by atoms with Crippen molar-refractivity contribution in [2.75, 3.05) is 45.7 Å². The molecule has 30 heavy (non-hydrogen) atoms. The number of nitrogens with one attached hydrogen (secondary N) is 1. The number of H-pyrrole nitrogens is 1. The average molecular weight is 448 g/mol. The molecule has 0 saturated carbocycles. The topological polar surface area (TPSA) is 65.6 Å². The van der Waals surface area contributed by atoms with Crippen molar-refractivity contribution in [3.05, 3.63) is 63.8 Å². The minimum atomic E-state index is -0.519. The molecule has 1 aromatic heterocycles. The third-order valence-corrected chi connectivity index (χ3v) is 5.14. The summed E-state index contributed by atoms with van der Waals surface area (Å²) in [5.74, 6) is -0.598. The highest BCUT2D eigenvalue weighted by Crippen LogP contribution is 2.38. The molecule has 2 aromatic carbocycles. The van der Waals surface area contributed by atoms with Crippen molar-refractivity contribution in [2.24, 2.45) is 0 Å². The van der Waals surface area contributed by atoms with E-state index in [0.29, 0.717) is 38.7 Å². The molecule has 0 fully saturated rings. The number of benzene rings is 2. The number of carbonyl (C=O) groups is 2. The molecule has 1 N–H and O–H groups in total. The van der Waals surface area contributed by atoms with Crippen molar-refractivity contribution in [1.82, 2.24) is 9.88 Å². The Morgan fingerprint density at radius 1 is 1.07 bits per heavy atom. The van der Waals surface area contributed by atoms with E-state index in [1.54, 1.807) is 36.2 Å². The monoisotopic (exact) mass is 447 g/mol. The second kappa shape index (κ2) is 9.51. The number of carbonyl (C=O) groups excluding carboxylic acids is 2. The smallest absolute Gasteiger partial charge is 0.357 e. The Kier molecular flexibility index (Phi) is 7.02. The Balaban J connectivity index is 1.97. The van der Waals surface area contributed by atoms with E-state index in [0.717, 1.165) is 0 Å². The zero-order valence-corrected chi connectivity index (χ0v) is 18.5. The van der Waals surface area contributed by atoms with Crippen LogP contribution in [0.5, 0.6) is 0 Å². The Morgan fingerprint density at radius 3 is 2.43 bits per heavy atom. The van der Waals surface area contributed by atoms with Crippen LogP contribution in [0.1, 0.15) is 20.8 Å². The lowest BCUT2D eigenvalue weighted by Crippen LogP contribution is -2.27. The number of hydrogen-bond acceptors (Lipinski definition) is 5. The first kappa shape index (κ1) is 22.2. The highest BCUT2D eigenvalue weighted by atomic mass is 35.5. The number of rotatable bonds is 8. The van der Waals surface area contributed by atoms with Gasteiger partial charge in [-0.3, -0.25) is 4.79 Å². The summed E-state index contributed by atoms with van der Waals surface area (Å²) < 4.78 is 5.42. The second-order valence-electron chi connectivity index (χ2n) is 7.24. The first-order chi connectivity index (χ1) is 14.3. The van der Waals surface area contributed by atoms with Gasteiger partial charge in [-0.15, -0.1) is 0 Å². The minimum Gasteiger partial charge on any atom is -0.460 e. The predicted octanol–water partition coefficient (Wildman–Crippen LogP) is 4.51. The van der Waals surface area contributed by atoms with Crippen LogP contribution in [-0.4, -0.2) is 62.5 Å². The van der Waals surface area contributed by atoms with Crippen molar-refractivity contribution in [1.29, 1.82) is 0 Å². The van der Waals surface area contributed by atoms with Crippen LogP contribution >= 0.6 is 23.2 Å². The van der Waals surface area contributed by atoms with Crippen LogP contribution in [0.15, 0.2) is 42.5 Å². The molecule has 158 valence electrons. The van der Waals surface area contributed by atoms with Gasteiger partial charge in [0.2, 0.25) is 0 Å².